The summed E-state index contributed by atoms with van der Waals surface area (Å²) in [5.74, 6) is 1.64. The van der Waals surface area contributed by atoms with Crippen molar-refractivity contribution >= 4 is 18.3 Å². The highest BCUT2D eigenvalue weighted by atomic mass is 35.5. The summed E-state index contributed by atoms with van der Waals surface area (Å²) >= 11 is 0. The van der Waals surface area contributed by atoms with Crippen LogP contribution >= 0.6 is 12.4 Å². The standard InChI is InChI=1S/C15H22N2O3.ClH/c1-19-12-5-3-6-13(8-12)20-10-15(18)17-14-7-2-4-11(14)9-16;/h3,5-6,8,11,14H,2,4,7,9-10,16H2,1H3,(H,17,18);1H. The number of hydrogen-bond donors (Lipinski definition) is 2. The Morgan fingerprint density at radius 3 is 2.86 bits per heavy atom. The van der Waals surface area contributed by atoms with E-state index in [0.29, 0.717) is 24.0 Å². The lowest BCUT2D eigenvalue weighted by atomic mass is 10.0. The smallest absolute Gasteiger partial charge is 0.258 e. The Hall–Kier alpha value is -1.46. The number of benzene rings is 1. The van der Waals surface area contributed by atoms with Crippen molar-refractivity contribution in [3.8, 4) is 11.5 Å². The number of halogens is 1. The molecule has 0 bridgehead atoms. The summed E-state index contributed by atoms with van der Waals surface area (Å²) < 4.78 is 10.6. The molecule has 0 aromatic heterocycles. The van der Waals surface area contributed by atoms with Gasteiger partial charge in [0.05, 0.1) is 7.11 Å². The van der Waals surface area contributed by atoms with Gasteiger partial charge in [-0.1, -0.05) is 12.5 Å². The molecule has 0 aliphatic heterocycles. The molecule has 0 heterocycles. The molecule has 1 aliphatic carbocycles. The Morgan fingerprint density at radius 2 is 2.14 bits per heavy atom. The van der Waals surface area contributed by atoms with Gasteiger partial charge in [-0.2, -0.15) is 0 Å². The van der Waals surface area contributed by atoms with Crippen molar-refractivity contribution in [2.75, 3.05) is 20.3 Å². The molecular weight excluding hydrogens is 292 g/mol. The molecule has 3 N–H and O–H groups in total. The van der Waals surface area contributed by atoms with E-state index in [0.717, 1.165) is 19.3 Å². The van der Waals surface area contributed by atoms with Crippen LogP contribution in [0, 0.1) is 5.92 Å². The number of nitrogens with one attached hydrogen (secondary N) is 1. The van der Waals surface area contributed by atoms with Gasteiger partial charge in [0.1, 0.15) is 11.5 Å². The van der Waals surface area contributed by atoms with Crippen molar-refractivity contribution in [1.29, 1.82) is 0 Å². The maximum atomic E-state index is 11.9. The third-order valence-corrected chi connectivity index (χ3v) is 3.72. The average Bonchev–Trinajstić information content (AvgIpc) is 2.92. The van der Waals surface area contributed by atoms with Gasteiger partial charge in [-0.05, 0) is 37.4 Å². The average molecular weight is 315 g/mol. The summed E-state index contributed by atoms with van der Waals surface area (Å²) in [6.45, 7) is 0.642. The minimum Gasteiger partial charge on any atom is -0.497 e. The number of methoxy groups -OCH3 is 1. The molecule has 1 amide bonds. The summed E-state index contributed by atoms with van der Waals surface area (Å²) in [5, 5.41) is 3.00. The van der Waals surface area contributed by atoms with Gasteiger partial charge in [0.25, 0.3) is 5.91 Å². The van der Waals surface area contributed by atoms with E-state index in [4.69, 9.17) is 15.2 Å². The van der Waals surface area contributed by atoms with E-state index in [2.05, 4.69) is 5.32 Å². The highest BCUT2D eigenvalue weighted by Gasteiger charge is 2.27. The van der Waals surface area contributed by atoms with Crippen LogP contribution in [-0.4, -0.2) is 32.2 Å². The van der Waals surface area contributed by atoms with Gasteiger partial charge in [0, 0.05) is 12.1 Å². The first-order valence-electron chi connectivity index (χ1n) is 6.99. The fourth-order valence-electron chi connectivity index (χ4n) is 2.60. The van der Waals surface area contributed by atoms with Gasteiger partial charge in [-0.25, -0.2) is 0 Å². The van der Waals surface area contributed by atoms with E-state index < -0.39 is 0 Å². The lowest BCUT2D eigenvalue weighted by Gasteiger charge is -2.19. The molecule has 2 rings (SSSR count). The van der Waals surface area contributed by atoms with Crippen LogP contribution in [0.4, 0.5) is 0 Å². The lowest BCUT2D eigenvalue weighted by Crippen LogP contribution is -2.42. The molecule has 118 valence electrons. The lowest BCUT2D eigenvalue weighted by molar-refractivity contribution is -0.124. The van der Waals surface area contributed by atoms with E-state index in [1.165, 1.54) is 0 Å². The van der Waals surface area contributed by atoms with Crippen LogP contribution < -0.4 is 20.5 Å². The molecule has 1 saturated carbocycles. The third-order valence-electron chi connectivity index (χ3n) is 3.72. The van der Waals surface area contributed by atoms with E-state index in [9.17, 15) is 4.79 Å². The molecule has 6 heteroatoms. The second-order valence-electron chi connectivity index (χ2n) is 5.07. The Kier molecular flexibility index (Phi) is 7.32. The summed E-state index contributed by atoms with van der Waals surface area (Å²) in [5.41, 5.74) is 5.70. The van der Waals surface area contributed by atoms with Crippen LogP contribution in [0.15, 0.2) is 24.3 Å². The monoisotopic (exact) mass is 314 g/mol. The normalized spacial score (nSPS) is 20.5. The van der Waals surface area contributed by atoms with Crippen LogP contribution in [-0.2, 0) is 4.79 Å². The zero-order valence-corrected chi connectivity index (χ0v) is 13.0. The quantitative estimate of drug-likeness (QED) is 0.839. The van der Waals surface area contributed by atoms with Crippen LogP contribution in [0.1, 0.15) is 19.3 Å². The van der Waals surface area contributed by atoms with Crippen LogP contribution in [0.25, 0.3) is 0 Å². The number of hydrogen-bond acceptors (Lipinski definition) is 4. The first kappa shape index (κ1) is 17.6. The predicted molar refractivity (Wildman–Crippen MR) is 84.1 cm³/mol. The zero-order valence-electron chi connectivity index (χ0n) is 12.2. The second kappa shape index (κ2) is 8.74. The maximum absolute atomic E-state index is 11.9. The molecule has 0 radical (unpaired) electrons. The van der Waals surface area contributed by atoms with Crippen molar-refractivity contribution in [3.05, 3.63) is 24.3 Å². The van der Waals surface area contributed by atoms with Crippen molar-refractivity contribution in [1.82, 2.24) is 5.32 Å². The maximum Gasteiger partial charge on any atom is 0.258 e. The van der Waals surface area contributed by atoms with Crippen molar-refractivity contribution in [2.45, 2.75) is 25.3 Å². The summed E-state index contributed by atoms with van der Waals surface area (Å²) in [7, 11) is 1.60. The van der Waals surface area contributed by atoms with E-state index >= 15 is 0 Å². The van der Waals surface area contributed by atoms with Gasteiger partial charge < -0.3 is 20.5 Å². The van der Waals surface area contributed by atoms with Crippen LogP contribution in [0.5, 0.6) is 11.5 Å². The van der Waals surface area contributed by atoms with Gasteiger partial charge in [0.15, 0.2) is 6.61 Å². The van der Waals surface area contributed by atoms with Gasteiger partial charge in [0.2, 0.25) is 0 Å². The minimum atomic E-state index is -0.0989. The molecule has 1 aromatic rings. The Labute approximate surface area is 131 Å². The van der Waals surface area contributed by atoms with E-state index in [1.807, 2.05) is 12.1 Å². The number of amides is 1. The summed E-state index contributed by atoms with van der Waals surface area (Å²) in [6, 6.07) is 7.41. The SMILES string of the molecule is COc1cccc(OCC(=O)NC2CCCC2CN)c1.Cl. The zero-order chi connectivity index (χ0) is 14.4. The second-order valence-corrected chi connectivity index (χ2v) is 5.07. The first-order chi connectivity index (χ1) is 9.72. The molecule has 2 atom stereocenters. The predicted octanol–water partition coefficient (Wildman–Crippen LogP) is 1.74. The number of ether oxygens (including phenoxy) is 2. The highest BCUT2D eigenvalue weighted by molar-refractivity contribution is 5.85. The molecule has 1 aliphatic rings. The molecular formula is C15H23ClN2O3. The van der Waals surface area contributed by atoms with Crippen LogP contribution in [0.2, 0.25) is 0 Å². The Bertz CT molecular complexity index is 456. The summed E-state index contributed by atoms with van der Waals surface area (Å²) in [6.07, 6.45) is 3.23. The van der Waals surface area contributed by atoms with Gasteiger partial charge in [-0.3, -0.25) is 4.79 Å². The number of rotatable bonds is 6. The first-order valence-corrected chi connectivity index (χ1v) is 6.99. The van der Waals surface area contributed by atoms with Crippen LogP contribution in [0.3, 0.4) is 0 Å². The number of nitrogens with two attached hydrogens (primary N) is 1. The summed E-state index contributed by atoms with van der Waals surface area (Å²) in [4.78, 5) is 11.9. The molecule has 1 fully saturated rings. The van der Waals surface area contributed by atoms with Gasteiger partial charge >= 0.3 is 0 Å². The topological polar surface area (TPSA) is 73.6 Å². The Morgan fingerprint density at radius 1 is 1.38 bits per heavy atom. The Balaban J connectivity index is 0.00000220. The molecule has 5 nitrogen and oxygen atoms in total. The van der Waals surface area contributed by atoms with Crippen molar-refractivity contribution in [3.63, 3.8) is 0 Å². The molecule has 0 saturated heterocycles. The molecule has 0 spiro atoms. The fraction of sp³-hybridized carbons (Fsp3) is 0.533. The van der Waals surface area contributed by atoms with E-state index in [-0.39, 0.29) is 31.0 Å². The van der Waals surface area contributed by atoms with Crippen molar-refractivity contribution < 1.29 is 14.3 Å². The fourth-order valence-corrected chi connectivity index (χ4v) is 2.60. The number of carbonyl (C=O) groups is 1. The highest BCUT2D eigenvalue weighted by Crippen LogP contribution is 2.24. The molecule has 21 heavy (non-hydrogen) atoms. The molecule has 2 unspecified atom stereocenters. The van der Waals surface area contributed by atoms with Crippen molar-refractivity contribution in [2.24, 2.45) is 11.7 Å². The molecule has 1 aromatic carbocycles. The van der Waals surface area contributed by atoms with Gasteiger partial charge in [-0.15, -0.1) is 12.4 Å². The largest absolute Gasteiger partial charge is 0.497 e. The third kappa shape index (κ3) is 5.10. The number of carbonyl (C=O) groups excluding carboxylic acids is 1. The van der Waals surface area contributed by atoms with E-state index in [1.54, 1.807) is 19.2 Å². The minimum absolute atomic E-state index is 0.